The van der Waals surface area contributed by atoms with Crippen molar-refractivity contribution in [3.63, 3.8) is 0 Å². The molecule has 1 heterocycles. The Balaban J connectivity index is 2.31. The van der Waals surface area contributed by atoms with Gasteiger partial charge in [0.2, 0.25) is 0 Å². The van der Waals surface area contributed by atoms with Gasteiger partial charge in [0, 0.05) is 12.1 Å². The number of likely N-dealkylation sites (tertiary alicyclic amines) is 1. The lowest BCUT2D eigenvalue weighted by molar-refractivity contribution is 0.124. The second kappa shape index (κ2) is 7.24. The van der Waals surface area contributed by atoms with Crippen LogP contribution in [0.2, 0.25) is 0 Å². The van der Waals surface area contributed by atoms with Gasteiger partial charge in [-0.15, -0.1) is 0 Å². The van der Waals surface area contributed by atoms with Gasteiger partial charge < -0.3 is 5.73 Å². The average molecular weight is 274 g/mol. The molecule has 1 aliphatic rings. The van der Waals surface area contributed by atoms with E-state index in [1.165, 1.54) is 43.4 Å². The molecular formula is C18H30N2. The summed E-state index contributed by atoms with van der Waals surface area (Å²) >= 11 is 0. The van der Waals surface area contributed by atoms with Crippen molar-refractivity contribution < 1.29 is 0 Å². The standard InChI is InChI=1S/C18H30N2/c1-4-17(19)18(16-11-8-9-14(2)13-16)20-12-7-5-6-10-15(20)3/h8-9,11,13,15,17-18H,4-7,10,12,19H2,1-3H3. The first kappa shape index (κ1) is 15.5. The van der Waals surface area contributed by atoms with Gasteiger partial charge in [-0.2, -0.15) is 0 Å². The van der Waals surface area contributed by atoms with Gasteiger partial charge in [0.15, 0.2) is 0 Å². The number of hydrogen-bond acceptors (Lipinski definition) is 2. The molecule has 20 heavy (non-hydrogen) atoms. The Labute approximate surface area is 124 Å². The van der Waals surface area contributed by atoms with Crippen molar-refractivity contribution >= 4 is 0 Å². The van der Waals surface area contributed by atoms with Gasteiger partial charge in [-0.05, 0) is 45.2 Å². The van der Waals surface area contributed by atoms with Crippen LogP contribution in [0.5, 0.6) is 0 Å². The predicted molar refractivity (Wildman–Crippen MR) is 86.8 cm³/mol. The van der Waals surface area contributed by atoms with Crippen molar-refractivity contribution in [2.75, 3.05) is 6.54 Å². The van der Waals surface area contributed by atoms with Crippen molar-refractivity contribution in [1.29, 1.82) is 0 Å². The third-order valence-electron chi connectivity index (χ3n) is 4.72. The number of nitrogens with two attached hydrogens (primary N) is 1. The van der Waals surface area contributed by atoms with E-state index in [1.807, 2.05) is 0 Å². The van der Waals surface area contributed by atoms with Gasteiger partial charge in [-0.3, -0.25) is 4.90 Å². The molecule has 0 amide bonds. The summed E-state index contributed by atoms with van der Waals surface area (Å²) in [6.45, 7) is 7.93. The maximum absolute atomic E-state index is 6.50. The maximum atomic E-state index is 6.50. The van der Waals surface area contributed by atoms with Crippen LogP contribution in [-0.4, -0.2) is 23.5 Å². The van der Waals surface area contributed by atoms with E-state index < -0.39 is 0 Å². The summed E-state index contributed by atoms with van der Waals surface area (Å²) in [6.07, 6.45) is 6.37. The normalized spacial score (nSPS) is 24.1. The van der Waals surface area contributed by atoms with Crippen molar-refractivity contribution in [3.05, 3.63) is 35.4 Å². The van der Waals surface area contributed by atoms with Gasteiger partial charge in [-0.1, -0.05) is 49.6 Å². The molecule has 0 radical (unpaired) electrons. The fraction of sp³-hybridized carbons (Fsp3) is 0.667. The van der Waals surface area contributed by atoms with E-state index in [-0.39, 0.29) is 6.04 Å². The first-order chi connectivity index (χ1) is 9.63. The van der Waals surface area contributed by atoms with E-state index in [2.05, 4.69) is 49.9 Å². The molecule has 2 N–H and O–H groups in total. The number of hydrogen-bond donors (Lipinski definition) is 1. The molecule has 0 bridgehead atoms. The molecule has 1 aromatic carbocycles. The minimum absolute atomic E-state index is 0.220. The molecule has 1 fully saturated rings. The Morgan fingerprint density at radius 3 is 2.80 bits per heavy atom. The summed E-state index contributed by atoms with van der Waals surface area (Å²) in [7, 11) is 0. The van der Waals surface area contributed by atoms with E-state index in [9.17, 15) is 0 Å². The summed E-state index contributed by atoms with van der Waals surface area (Å²) in [6, 6.07) is 10.1. The second-order valence-electron chi connectivity index (χ2n) is 6.37. The summed E-state index contributed by atoms with van der Waals surface area (Å²) in [4.78, 5) is 2.66. The zero-order valence-electron chi connectivity index (χ0n) is 13.3. The molecule has 0 spiro atoms. The summed E-state index contributed by atoms with van der Waals surface area (Å²) in [5, 5.41) is 0. The zero-order chi connectivity index (χ0) is 14.5. The Hall–Kier alpha value is -0.860. The Morgan fingerprint density at radius 2 is 2.10 bits per heavy atom. The third kappa shape index (κ3) is 3.62. The van der Waals surface area contributed by atoms with E-state index in [0.717, 1.165) is 6.42 Å². The van der Waals surface area contributed by atoms with Crippen LogP contribution in [0.1, 0.15) is 63.1 Å². The average Bonchev–Trinajstić information content (AvgIpc) is 2.64. The molecule has 0 aromatic heterocycles. The van der Waals surface area contributed by atoms with Crippen LogP contribution < -0.4 is 5.73 Å². The van der Waals surface area contributed by atoms with E-state index in [4.69, 9.17) is 5.73 Å². The number of rotatable bonds is 4. The van der Waals surface area contributed by atoms with E-state index in [1.54, 1.807) is 0 Å². The molecule has 2 heteroatoms. The molecule has 112 valence electrons. The van der Waals surface area contributed by atoms with Crippen LogP contribution >= 0.6 is 0 Å². The maximum Gasteiger partial charge on any atom is 0.0501 e. The van der Waals surface area contributed by atoms with Gasteiger partial charge in [0.25, 0.3) is 0 Å². The largest absolute Gasteiger partial charge is 0.326 e. The van der Waals surface area contributed by atoms with Gasteiger partial charge >= 0.3 is 0 Å². The van der Waals surface area contributed by atoms with Gasteiger partial charge in [-0.25, -0.2) is 0 Å². The fourth-order valence-electron chi connectivity index (χ4n) is 3.47. The summed E-state index contributed by atoms with van der Waals surface area (Å²) < 4.78 is 0. The molecule has 2 rings (SSSR count). The fourth-order valence-corrected chi connectivity index (χ4v) is 3.47. The number of nitrogens with zero attached hydrogens (tertiary/aromatic N) is 1. The van der Waals surface area contributed by atoms with Crippen molar-refractivity contribution in [2.45, 2.75) is 71.0 Å². The lowest BCUT2D eigenvalue weighted by atomic mass is 9.93. The molecule has 1 aromatic rings. The highest BCUT2D eigenvalue weighted by atomic mass is 15.2. The molecule has 1 saturated heterocycles. The summed E-state index contributed by atoms with van der Waals surface area (Å²) in [5.74, 6) is 0. The van der Waals surface area contributed by atoms with Crippen LogP contribution in [0.25, 0.3) is 0 Å². The third-order valence-corrected chi connectivity index (χ3v) is 4.72. The summed E-state index contributed by atoms with van der Waals surface area (Å²) in [5.41, 5.74) is 9.23. The lowest BCUT2D eigenvalue weighted by Crippen LogP contribution is -2.45. The molecule has 0 saturated carbocycles. The molecule has 1 aliphatic heterocycles. The van der Waals surface area contributed by atoms with Crippen LogP contribution in [0.3, 0.4) is 0 Å². The van der Waals surface area contributed by atoms with E-state index in [0.29, 0.717) is 12.1 Å². The minimum atomic E-state index is 0.220. The van der Waals surface area contributed by atoms with Gasteiger partial charge in [0.05, 0.1) is 6.04 Å². The molecular weight excluding hydrogens is 244 g/mol. The quantitative estimate of drug-likeness (QED) is 0.898. The lowest BCUT2D eigenvalue weighted by Gasteiger charge is -2.39. The van der Waals surface area contributed by atoms with Crippen LogP contribution in [0.4, 0.5) is 0 Å². The second-order valence-corrected chi connectivity index (χ2v) is 6.37. The highest BCUT2D eigenvalue weighted by molar-refractivity contribution is 5.26. The smallest absolute Gasteiger partial charge is 0.0501 e. The van der Waals surface area contributed by atoms with Crippen molar-refractivity contribution in [3.8, 4) is 0 Å². The van der Waals surface area contributed by atoms with Gasteiger partial charge in [0.1, 0.15) is 0 Å². The Bertz CT molecular complexity index is 416. The number of benzene rings is 1. The highest BCUT2D eigenvalue weighted by Gasteiger charge is 2.29. The van der Waals surface area contributed by atoms with Crippen LogP contribution in [0.15, 0.2) is 24.3 Å². The highest BCUT2D eigenvalue weighted by Crippen LogP contribution is 2.31. The molecule has 2 nitrogen and oxygen atoms in total. The SMILES string of the molecule is CCC(N)C(c1cccc(C)c1)N1CCCCCC1C. The molecule has 0 aliphatic carbocycles. The minimum Gasteiger partial charge on any atom is -0.326 e. The zero-order valence-corrected chi connectivity index (χ0v) is 13.3. The first-order valence-corrected chi connectivity index (χ1v) is 8.21. The first-order valence-electron chi connectivity index (χ1n) is 8.21. The Kier molecular flexibility index (Phi) is 5.62. The number of aryl methyl sites for hydroxylation is 1. The Morgan fingerprint density at radius 1 is 1.30 bits per heavy atom. The molecule has 3 atom stereocenters. The monoisotopic (exact) mass is 274 g/mol. The van der Waals surface area contributed by atoms with Crippen molar-refractivity contribution in [2.24, 2.45) is 5.73 Å². The predicted octanol–water partition coefficient (Wildman–Crippen LogP) is 4.04. The van der Waals surface area contributed by atoms with E-state index >= 15 is 0 Å². The van der Waals surface area contributed by atoms with Crippen LogP contribution in [0, 0.1) is 6.92 Å². The topological polar surface area (TPSA) is 29.3 Å². The van der Waals surface area contributed by atoms with Crippen molar-refractivity contribution in [1.82, 2.24) is 4.90 Å². The van der Waals surface area contributed by atoms with Crippen LogP contribution in [-0.2, 0) is 0 Å². The molecule has 3 unspecified atom stereocenters.